The molecule has 0 aliphatic rings. The van der Waals surface area contributed by atoms with E-state index in [1.165, 1.54) is 25.9 Å². The third kappa shape index (κ3) is 7.77. The van der Waals surface area contributed by atoms with Gasteiger partial charge in [-0.25, -0.2) is 0 Å². The Balaban J connectivity index is 4.16. The summed E-state index contributed by atoms with van der Waals surface area (Å²) >= 11 is 0. The molecule has 0 heterocycles. The molecule has 0 aliphatic carbocycles. The van der Waals surface area contributed by atoms with E-state index >= 15 is 0 Å². The van der Waals surface area contributed by atoms with E-state index in [0.717, 1.165) is 24.9 Å². The largest absolute Gasteiger partial charge is 0.315 e. The standard InChI is InChI=1S/C15H34N2/c1-7-9-10-17(8-2)15(14(5)6)12-16-11-13(3)4/h13-16H,7-12H2,1-6H3. The lowest BCUT2D eigenvalue weighted by Crippen LogP contribution is -2.46. The van der Waals surface area contributed by atoms with Gasteiger partial charge >= 0.3 is 0 Å². The van der Waals surface area contributed by atoms with Crippen LogP contribution in [0.5, 0.6) is 0 Å². The van der Waals surface area contributed by atoms with Crippen LogP contribution in [0.3, 0.4) is 0 Å². The number of rotatable bonds is 10. The van der Waals surface area contributed by atoms with E-state index in [0.29, 0.717) is 6.04 Å². The van der Waals surface area contributed by atoms with Gasteiger partial charge in [-0.1, -0.05) is 48.0 Å². The molecule has 0 rings (SSSR count). The lowest BCUT2D eigenvalue weighted by molar-refractivity contribution is 0.156. The molecule has 104 valence electrons. The fourth-order valence-corrected chi connectivity index (χ4v) is 2.23. The molecule has 2 heteroatoms. The fraction of sp³-hybridized carbons (Fsp3) is 1.00. The average molecular weight is 242 g/mol. The summed E-state index contributed by atoms with van der Waals surface area (Å²) in [5.74, 6) is 1.47. The number of hydrogen-bond acceptors (Lipinski definition) is 2. The Labute approximate surface area is 109 Å². The molecule has 0 radical (unpaired) electrons. The molecule has 0 bridgehead atoms. The highest BCUT2D eigenvalue weighted by Gasteiger charge is 2.19. The first-order valence-corrected chi connectivity index (χ1v) is 7.47. The third-order valence-corrected chi connectivity index (χ3v) is 3.35. The van der Waals surface area contributed by atoms with E-state index < -0.39 is 0 Å². The minimum atomic E-state index is 0.685. The minimum Gasteiger partial charge on any atom is -0.315 e. The number of hydrogen-bond donors (Lipinski definition) is 1. The fourth-order valence-electron chi connectivity index (χ4n) is 2.23. The highest BCUT2D eigenvalue weighted by Crippen LogP contribution is 2.11. The smallest absolute Gasteiger partial charge is 0.0243 e. The lowest BCUT2D eigenvalue weighted by atomic mass is 10.0. The van der Waals surface area contributed by atoms with Crippen molar-refractivity contribution >= 4 is 0 Å². The maximum absolute atomic E-state index is 3.62. The van der Waals surface area contributed by atoms with Crippen LogP contribution in [0.2, 0.25) is 0 Å². The topological polar surface area (TPSA) is 15.3 Å². The van der Waals surface area contributed by atoms with E-state index in [9.17, 15) is 0 Å². The van der Waals surface area contributed by atoms with Gasteiger partial charge in [0.2, 0.25) is 0 Å². The molecule has 0 amide bonds. The van der Waals surface area contributed by atoms with Crippen molar-refractivity contribution in [3.63, 3.8) is 0 Å². The predicted octanol–water partition coefficient (Wildman–Crippen LogP) is 3.38. The molecule has 1 unspecified atom stereocenters. The van der Waals surface area contributed by atoms with Crippen molar-refractivity contribution in [2.75, 3.05) is 26.2 Å². The number of likely N-dealkylation sites (N-methyl/N-ethyl adjacent to an activating group) is 1. The molecule has 0 saturated carbocycles. The van der Waals surface area contributed by atoms with Crippen molar-refractivity contribution in [1.82, 2.24) is 10.2 Å². The quantitative estimate of drug-likeness (QED) is 0.632. The van der Waals surface area contributed by atoms with E-state index in [4.69, 9.17) is 0 Å². The normalized spacial score (nSPS) is 13.9. The molecular formula is C15H34N2. The number of nitrogens with zero attached hydrogens (tertiary/aromatic N) is 1. The van der Waals surface area contributed by atoms with Crippen LogP contribution in [0.25, 0.3) is 0 Å². The SMILES string of the molecule is CCCCN(CC)C(CNCC(C)C)C(C)C. The van der Waals surface area contributed by atoms with Gasteiger partial charge in [0.25, 0.3) is 0 Å². The van der Waals surface area contributed by atoms with Gasteiger partial charge in [0.1, 0.15) is 0 Å². The van der Waals surface area contributed by atoms with Crippen molar-refractivity contribution < 1.29 is 0 Å². The highest BCUT2D eigenvalue weighted by atomic mass is 15.2. The molecule has 0 aromatic heterocycles. The first-order chi connectivity index (χ1) is 8.02. The predicted molar refractivity (Wildman–Crippen MR) is 78.5 cm³/mol. The number of nitrogens with one attached hydrogen (secondary N) is 1. The van der Waals surface area contributed by atoms with Crippen LogP contribution in [-0.4, -0.2) is 37.1 Å². The Morgan fingerprint density at radius 2 is 1.65 bits per heavy atom. The molecule has 0 aromatic carbocycles. The van der Waals surface area contributed by atoms with Crippen molar-refractivity contribution in [3.05, 3.63) is 0 Å². The first-order valence-electron chi connectivity index (χ1n) is 7.47. The van der Waals surface area contributed by atoms with Gasteiger partial charge in [0, 0.05) is 12.6 Å². The Morgan fingerprint density at radius 3 is 2.06 bits per heavy atom. The van der Waals surface area contributed by atoms with Gasteiger partial charge < -0.3 is 5.32 Å². The molecule has 1 atom stereocenters. The summed E-state index contributed by atoms with van der Waals surface area (Å²) in [6.07, 6.45) is 2.61. The zero-order valence-electron chi connectivity index (χ0n) is 12.9. The summed E-state index contributed by atoms with van der Waals surface area (Å²) in [7, 11) is 0. The zero-order valence-corrected chi connectivity index (χ0v) is 12.9. The molecule has 0 fully saturated rings. The zero-order chi connectivity index (χ0) is 13.3. The van der Waals surface area contributed by atoms with E-state index in [1.807, 2.05) is 0 Å². The maximum Gasteiger partial charge on any atom is 0.0243 e. The summed E-state index contributed by atoms with van der Waals surface area (Å²) in [5, 5.41) is 3.62. The Morgan fingerprint density at radius 1 is 1.00 bits per heavy atom. The minimum absolute atomic E-state index is 0.685. The highest BCUT2D eigenvalue weighted by molar-refractivity contribution is 4.76. The van der Waals surface area contributed by atoms with Crippen LogP contribution < -0.4 is 5.32 Å². The van der Waals surface area contributed by atoms with Gasteiger partial charge in [0.05, 0.1) is 0 Å². The van der Waals surface area contributed by atoms with E-state index in [-0.39, 0.29) is 0 Å². The molecule has 0 aliphatic heterocycles. The van der Waals surface area contributed by atoms with E-state index in [2.05, 4.69) is 51.8 Å². The summed E-state index contributed by atoms with van der Waals surface area (Å²) in [4.78, 5) is 2.64. The van der Waals surface area contributed by atoms with Gasteiger partial charge in [-0.3, -0.25) is 4.90 Å². The summed E-state index contributed by atoms with van der Waals surface area (Å²) in [6.45, 7) is 18.5. The third-order valence-electron chi connectivity index (χ3n) is 3.35. The molecule has 1 N–H and O–H groups in total. The molecule has 0 spiro atoms. The number of unbranched alkanes of at least 4 members (excludes halogenated alkanes) is 1. The monoisotopic (exact) mass is 242 g/mol. The van der Waals surface area contributed by atoms with Crippen LogP contribution in [0.1, 0.15) is 54.4 Å². The Kier molecular flexibility index (Phi) is 9.85. The second-order valence-corrected chi connectivity index (χ2v) is 5.85. The van der Waals surface area contributed by atoms with E-state index in [1.54, 1.807) is 0 Å². The van der Waals surface area contributed by atoms with Crippen LogP contribution in [0.15, 0.2) is 0 Å². The van der Waals surface area contributed by atoms with Crippen molar-refractivity contribution in [3.8, 4) is 0 Å². The summed E-state index contributed by atoms with van der Waals surface area (Å²) < 4.78 is 0. The van der Waals surface area contributed by atoms with Gasteiger partial charge in [-0.15, -0.1) is 0 Å². The van der Waals surface area contributed by atoms with Crippen molar-refractivity contribution in [2.24, 2.45) is 11.8 Å². The molecule has 0 saturated heterocycles. The van der Waals surface area contributed by atoms with Crippen LogP contribution in [-0.2, 0) is 0 Å². The van der Waals surface area contributed by atoms with Crippen LogP contribution in [0, 0.1) is 11.8 Å². The second kappa shape index (κ2) is 9.90. The van der Waals surface area contributed by atoms with Gasteiger partial charge in [0.15, 0.2) is 0 Å². The second-order valence-electron chi connectivity index (χ2n) is 5.85. The summed E-state index contributed by atoms with van der Waals surface area (Å²) in [5.41, 5.74) is 0. The van der Waals surface area contributed by atoms with Crippen LogP contribution in [0.4, 0.5) is 0 Å². The molecule has 0 aromatic rings. The first kappa shape index (κ1) is 16.9. The van der Waals surface area contributed by atoms with Crippen molar-refractivity contribution in [2.45, 2.75) is 60.4 Å². The van der Waals surface area contributed by atoms with Gasteiger partial charge in [-0.05, 0) is 37.9 Å². The lowest BCUT2D eigenvalue weighted by Gasteiger charge is -2.34. The van der Waals surface area contributed by atoms with Crippen LogP contribution >= 0.6 is 0 Å². The Hall–Kier alpha value is -0.0800. The summed E-state index contributed by atoms with van der Waals surface area (Å²) in [6, 6.07) is 0.685. The molecule has 2 nitrogen and oxygen atoms in total. The molecular weight excluding hydrogens is 208 g/mol. The Bertz CT molecular complexity index is 166. The van der Waals surface area contributed by atoms with Crippen molar-refractivity contribution in [1.29, 1.82) is 0 Å². The van der Waals surface area contributed by atoms with Gasteiger partial charge in [-0.2, -0.15) is 0 Å². The maximum atomic E-state index is 3.62. The average Bonchev–Trinajstić information content (AvgIpc) is 2.26. The molecule has 17 heavy (non-hydrogen) atoms.